The van der Waals surface area contributed by atoms with Gasteiger partial charge in [0.15, 0.2) is 5.60 Å². The number of H-pyrrole nitrogens is 1. The Hall–Kier alpha value is -4.20. The van der Waals surface area contributed by atoms with Crippen molar-refractivity contribution in [2.75, 3.05) is 51.8 Å². The molecular formula is C42H51N5O7. The highest BCUT2D eigenvalue weighted by Gasteiger charge is 2.78. The van der Waals surface area contributed by atoms with E-state index >= 15 is 0 Å². The summed E-state index contributed by atoms with van der Waals surface area (Å²) in [6.45, 7) is 6.86. The van der Waals surface area contributed by atoms with E-state index in [1.807, 2.05) is 62.4 Å². The SMILES string of the molecule is CC[C@]1(O)C=C2CN(CCc3c([nH]c4ccccc34)[C@@](C(=O)OC)(c3cc4c(cc3O)N(C)[C@H]3[C@@](O)(C(N)=O)[C@H](O)[C@]5(CC)C=CCN6CC[C@]43C65)C2)C1. The van der Waals surface area contributed by atoms with Crippen LogP contribution in [0.1, 0.15) is 61.9 Å². The van der Waals surface area contributed by atoms with Crippen molar-refractivity contribution in [1.29, 1.82) is 0 Å². The second kappa shape index (κ2) is 11.7. The number of rotatable bonds is 5. The van der Waals surface area contributed by atoms with Gasteiger partial charge in [0, 0.05) is 84.0 Å². The number of hydrogen-bond acceptors (Lipinski definition) is 10. The number of ether oxygens (including phenoxy) is 1. The number of amides is 1. The van der Waals surface area contributed by atoms with Gasteiger partial charge in [0.25, 0.3) is 5.91 Å². The fourth-order valence-corrected chi connectivity index (χ4v) is 12.4. The van der Waals surface area contributed by atoms with Crippen LogP contribution in [0, 0.1) is 5.41 Å². The number of primary amides is 1. The van der Waals surface area contributed by atoms with Crippen molar-refractivity contribution in [2.24, 2.45) is 11.1 Å². The van der Waals surface area contributed by atoms with E-state index in [1.165, 1.54) is 7.11 Å². The number of aromatic nitrogens is 1. The lowest BCUT2D eigenvalue weighted by Crippen LogP contribution is -2.81. The van der Waals surface area contributed by atoms with Crippen molar-refractivity contribution in [3.63, 3.8) is 0 Å². The van der Waals surface area contributed by atoms with Crippen molar-refractivity contribution >= 4 is 28.5 Å². The number of carbonyl (C=O) groups excluding carboxylic acids is 2. The largest absolute Gasteiger partial charge is 0.508 e. The molecule has 2 fully saturated rings. The van der Waals surface area contributed by atoms with E-state index < -0.39 is 51.5 Å². The van der Waals surface area contributed by atoms with Crippen LogP contribution in [0.15, 0.2) is 60.2 Å². The number of aliphatic hydroxyl groups excluding tert-OH is 1. The topological polar surface area (TPSA) is 176 Å². The molecule has 1 spiro atoms. The van der Waals surface area contributed by atoms with Gasteiger partial charge in [-0.1, -0.05) is 55.8 Å². The van der Waals surface area contributed by atoms with E-state index in [0.717, 1.165) is 27.6 Å². The van der Waals surface area contributed by atoms with Crippen LogP contribution in [0.4, 0.5) is 5.69 Å². The number of aliphatic hydroxyl groups is 3. The molecular weight excluding hydrogens is 686 g/mol. The van der Waals surface area contributed by atoms with Crippen LogP contribution < -0.4 is 10.6 Å². The summed E-state index contributed by atoms with van der Waals surface area (Å²) in [4.78, 5) is 38.6. The number of esters is 1. The maximum Gasteiger partial charge on any atom is 0.322 e. The maximum atomic E-state index is 15.0. The summed E-state index contributed by atoms with van der Waals surface area (Å²) in [7, 11) is 3.14. The van der Waals surface area contributed by atoms with Crippen LogP contribution in [0.25, 0.3) is 10.9 Å². The fraction of sp³-hybridized carbons (Fsp3) is 0.524. The zero-order valence-electron chi connectivity index (χ0n) is 31.4. The number of likely N-dealkylation sites (N-methyl/N-ethyl adjacent to an activating group) is 1. The molecule has 1 saturated heterocycles. The van der Waals surface area contributed by atoms with Gasteiger partial charge < -0.3 is 40.8 Å². The number of carbonyl (C=O) groups is 2. The van der Waals surface area contributed by atoms with Gasteiger partial charge in [-0.2, -0.15) is 0 Å². The monoisotopic (exact) mass is 737 g/mol. The second-order valence-corrected chi connectivity index (χ2v) is 16.9. The summed E-state index contributed by atoms with van der Waals surface area (Å²) in [5.41, 5.74) is 4.13. The number of phenols is 1. The normalized spacial score (nSPS) is 38.1. The molecule has 6 aliphatic rings. The van der Waals surface area contributed by atoms with Crippen molar-refractivity contribution in [2.45, 2.75) is 86.2 Å². The predicted octanol–water partition coefficient (Wildman–Crippen LogP) is 2.35. The molecule has 9 atom stereocenters. The standard InChI is InChI=1S/C42H51N5O7/c1-5-38(52)20-24-21-41(37(51)54-4,32-26(12-16-46(22-24)23-38)25-10-7-8-11-29(25)44-32)28-18-27-30(19-31(28)48)45(3)34-40(27)14-17-47-15-9-13-39(6-2,33(40)47)35(49)42(34,53)36(43)50/h7-11,13,18-20,33-35,44,48-49,52-53H,5-6,12,14-17,21-23H2,1-4H3,(H2,43,50)/t33?,34-,35-,38+,39-,40-,41+,42+/m1/s1. The van der Waals surface area contributed by atoms with Crippen LogP contribution in [-0.4, -0.2) is 123 Å². The molecule has 7 N–H and O–H groups in total. The van der Waals surface area contributed by atoms with Gasteiger partial charge in [0.2, 0.25) is 0 Å². The Morgan fingerprint density at radius 3 is 2.57 bits per heavy atom. The Bertz CT molecular complexity index is 2160. The number of para-hydroxylation sites is 1. The molecule has 2 bridgehead atoms. The summed E-state index contributed by atoms with van der Waals surface area (Å²) < 4.78 is 5.78. The molecule has 1 amide bonds. The Morgan fingerprint density at radius 1 is 1.07 bits per heavy atom. The van der Waals surface area contributed by atoms with Crippen molar-refractivity contribution in [3.05, 3.63) is 82.6 Å². The molecule has 2 unspecified atom stereocenters. The van der Waals surface area contributed by atoms with Gasteiger partial charge in [-0.3, -0.25) is 19.4 Å². The highest BCUT2D eigenvalue weighted by atomic mass is 16.5. The molecule has 286 valence electrons. The molecule has 5 aliphatic heterocycles. The zero-order valence-corrected chi connectivity index (χ0v) is 31.4. The summed E-state index contributed by atoms with van der Waals surface area (Å²) in [5, 5.41) is 50.0. The summed E-state index contributed by atoms with van der Waals surface area (Å²) in [6.07, 6.45) is 6.55. The van der Waals surface area contributed by atoms with Gasteiger partial charge in [-0.15, -0.1) is 0 Å². The minimum absolute atomic E-state index is 0.123. The molecule has 6 heterocycles. The lowest BCUT2D eigenvalue weighted by Gasteiger charge is -2.63. The number of aromatic amines is 1. The summed E-state index contributed by atoms with van der Waals surface area (Å²) in [6, 6.07) is 10.2. The molecule has 0 radical (unpaired) electrons. The van der Waals surface area contributed by atoms with Gasteiger partial charge in [0.05, 0.1) is 18.8 Å². The van der Waals surface area contributed by atoms with Gasteiger partial charge in [0.1, 0.15) is 17.3 Å². The third kappa shape index (κ3) is 4.20. The first kappa shape index (κ1) is 35.5. The molecule has 54 heavy (non-hydrogen) atoms. The number of nitrogens with two attached hydrogens (primary N) is 1. The van der Waals surface area contributed by atoms with Crippen molar-refractivity contribution < 1.29 is 34.8 Å². The molecule has 1 aliphatic carbocycles. The zero-order chi connectivity index (χ0) is 38.2. The number of methoxy groups -OCH3 is 1. The number of anilines is 1. The molecule has 1 saturated carbocycles. The predicted molar refractivity (Wildman–Crippen MR) is 203 cm³/mol. The molecule has 2 aromatic carbocycles. The van der Waals surface area contributed by atoms with E-state index in [9.17, 15) is 30.0 Å². The number of phenolic OH excluding ortho intramolecular Hbond substituents is 1. The minimum atomic E-state index is -2.35. The third-order valence-corrected chi connectivity index (χ3v) is 14.6. The number of nitrogens with zero attached hydrogens (tertiary/aromatic N) is 3. The van der Waals surface area contributed by atoms with Crippen LogP contribution >= 0.6 is 0 Å². The fourth-order valence-electron chi connectivity index (χ4n) is 12.4. The van der Waals surface area contributed by atoms with Crippen LogP contribution in [0.3, 0.4) is 0 Å². The Kier molecular flexibility index (Phi) is 7.66. The highest BCUT2D eigenvalue weighted by Crippen LogP contribution is 2.67. The van der Waals surface area contributed by atoms with Gasteiger partial charge >= 0.3 is 5.97 Å². The molecule has 1 aromatic heterocycles. The van der Waals surface area contributed by atoms with Gasteiger partial charge in [-0.25, -0.2) is 0 Å². The molecule has 12 heteroatoms. The van der Waals surface area contributed by atoms with Crippen LogP contribution in [0.5, 0.6) is 5.75 Å². The van der Waals surface area contributed by atoms with E-state index in [1.54, 1.807) is 18.0 Å². The second-order valence-electron chi connectivity index (χ2n) is 16.9. The van der Waals surface area contributed by atoms with Crippen molar-refractivity contribution in [3.8, 4) is 5.75 Å². The molecule has 3 aromatic rings. The van der Waals surface area contributed by atoms with E-state index in [0.29, 0.717) is 75.4 Å². The average molecular weight is 738 g/mol. The first-order valence-corrected chi connectivity index (χ1v) is 19.3. The molecule has 12 nitrogen and oxygen atoms in total. The highest BCUT2D eigenvalue weighted by molar-refractivity contribution is 5.95. The minimum Gasteiger partial charge on any atom is -0.508 e. The Morgan fingerprint density at radius 2 is 1.85 bits per heavy atom. The third-order valence-electron chi connectivity index (χ3n) is 14.6. The number of benzene rings is 2. The van der Waals surface area contributed by atoms with Crippen LogP contribution in [0.2, 0.25) is 0 Å². The van der Waals surface area contributed by atoms with E-state index in [2.05, 4.69) is 14.8 Å². The van der Waals surface area contributed by atoms with Crippen molar-refractivity contribution in [1.82, 2.24) is 14.8 Å². The Labute approximate surface area is 314 Å². The number of aromatic hydroxyl groups is 1. The lowest BCUT2D eigenvalue weighted by molar-refractivity contribution is -0.201. The van der Waals surface area contributed by atoms with E-state index in [-0.39, 0.29) is 18.2 Å². The maximum absolute atomic E-state index is 15.0. The van der Waals surface area contributed by atoms with E-state index in [4.69, 9.17) is 10.5 Å². The van der Waals surface area contributed by atoms with Crippen LogP contribution in [-0.2, 0) is 31.6 Å². The Balaban J connectivity index is 1.37. The average Bonchev–Trinajstić information content (AvgIpc) is 3.82. The summed E-state index contributed by atoms with van der Waals surface area (Å²) in [5.74, 6) is -1.71. The number of hydrogen-bond donors (Lipinski definition) is 6. The first-order valence-electron chi connectivity index (χ1n) is 19.3. The summed E-state index contributed by atoms with van der Waals surface area (Å²) >= 11 is 0. The number of nitrogens with one attached hydrogen (secondary N) is 1. The first-order chi connectivity index (χ1) is 25.8. The lowest BCUT2D eigenvalue weighted by atomic mass is 9.47. The quantitative estimate of drug-likeness (QED) is 0.169. The molecule has 9 rings (SSSR count). The van der Waals surface area contributed by atoms with Gasteiger partial charge in [-0.05, 0) is 61.9 Å². The smallest absolute Gasteiger partial charge is 0.322 e. The number of fused-ring (bicyclic) bond motifs is 6.